The van der Waals surface area contributed by atoms with Gasteiger partial charge >= 0.3 is 0 Å². The second-order valence-electron chi connectivity index (χ2n) is 7.41. The first-order chi connectivity index (χ1) is 11.1. The number of amides is 2. The summed E-state index contributed by atoms with van der Waals surface area (Å²) in [5, 5.41) is 0. The lowest BCUT2D eigenvalue weighted by atomic mass is 10.1. The van der Waals surface area contributed by atoms with Crippen molar-refractivity contribution in [2.45, 2.75) is 45.1 Å². The minimum Gasteiger partial charge on any atom is -0.339 e. The van der Waals surface area contributed by atoms with E-state index in [-0.39, 0.29) is 17.7 Å². The summed E-state index contributed by atoms with van der Waals surface area (Å²) in [6.45, 7) is 3.49. The third-order valence-corrected chi connectivity index (χ3v) is 5.24. The van der Waals surface area contributed by atoms with Crippen LogP contribution < -0.4 is 4.90 Å². The zero-order valence-electron chi connectivity index (χ0n) is 13.7. The highest BCUT2D eigenvalue weighted by atomic mass is 16.2. The van der Waals surface area contributed by atoms with Gasteiger partial charge in [-0.2, -0.15) is 0 Å². The van der Waals surface area contributed by atoms with Gasteiger partial charge in [0.15, 0.2) is 0 Å². The molecule has 1 unspecified atom stereocenters. The molecule has 0 bridgehead atoms. The first kappa shape index (κ1) is 14.7. The summed E-state index contributed by atoms with van der Waals surface area (Å²) in [5.41, 5.74) is 2.09. The Morgan fingerprint density at radius 2 is 1.87 bits per heavy atom. The van der Waals surface area contributed by atoms with Crippen molar-refractivity contribution in [1.29, 1.82) is 0 Å². The summed E-state index contributed by atoms with van der Waals surface area (Å²) in [6, 6.07) is 8.43. The van der Waals surface area contributed by atoms with Gasteiger partial charge < -0.3 is 9.80 Å². The molecule has 4 rings (SSSR count). The molecule has 4 heteroatoms. The number of carbonyl (C=O) groups excluding carboxylic acids is 2. The highest BCUT2D eigenvalue weighted by molar-refractivity contribution is 6.00. The molecular weight excluding hydrogens is 288 g/mol. The lowest BCUT2D eigenvalue weighted by Crippen LogP contribution is -2.40. The number of hydrogen-bond donors (Lipinski definition) is 0. The first-order valence-corrected chi connectivity index (χ1v) is 8.79. The van der Waals surface area contributed by atoms with Gasteiger partial charge in [0.2, 0.25) is 11.8 Å². The molecule has 3 aliphatic rings. The molecular formula is C19H24N2O2. The summed E-state index contributed by atoms with van der Waals surface area (Å²) >= 11 is 0. The minimum atomic E-state index is -0.164. The van der Waals surface area contributed by atoms with Crippen molar-refractivity contribution in [1.82, 2.24) is 4.90 Å². The van der Waals surface area contributed by atoms with Gasteiger partial charge in [0.1, 0.15) is 0 Å². The predicted octanol–water partition coefficient (Wildman–Crippen LogP) is 2.75. The van der Waals surface area contributed by atoms with Gasteiger partial charge in [-0.15, -0.1) is 0 Å². The molecule has 122 valence electrons. The minimum absolute atomic E-state index is 0.0781. The Bertz CT molecular complexity index is 617. The fourth-order valence-electron chi connectivity index (χ4n) is 3.47. The van der Waals surface area contributed by atoms with Crippen LogP contribution in [0.1, 0.15) is 37.7 Å². The van der Waals surface area contributed by atoms with Crippen LogP contribution in [0.25, 0.3) is 0 Å². The molecule has 1 aromatic carbocycles. The maximum absolute atomic E-state index is 12.9. The highest BCUT2D eigenvalue weighted by Crippen LogP contribution is 2.37. The molecule has 2 aliphatic carbocycles. The lowest BCUT2D eigenvalue weighted by molar-refractivity contribution is -0.136. The van der Waals surface area contributed by atoms with Crippen LogP contribution in [0.4, 0.5) is 5.69 Å². The largest absolute Gasteiger partial charge is 0.339 e. The Kier molecular flexibility index (Phi) is 3.63. The number of anilines is 1. The molecule has 2 amide bonds. The van der Waals surface area contributed by atoms with Gasteiger partial charge in [0.25, 0.3) is 0 Å². The average Bonchev–Trinajstić information content (AvgIpc) is 3.44. The fourth-order valence-corrected chi connectivity index (χ4v) is 3.47. The molecule has 1 heterocycles. The van der Waals surface area contributed by atoms with Crippen LogP contribution in [-0.2, 0) is 9.59 Å². The monoisotopic (exact) mass is 312 g/mol. The van der Waals surface area contributed by atoms with E-state index >= 15 is 0 Å². The van der Waals surface area contributed by atoms with E-state index in [0.29, 0.717) is 24.9 Å². The van der Waals surface area contributed by atoms with Crippen LogP contribution in [-0.4, -0.2) is 35.8 Å². The maximum atomic E-state index is 12.9. The van der Waals surface area contributed by atoms with Crippen molar-refractivity contribution in [2.24, 2.45) is 11.8 Å². The van der Waals surface area contributed by atoms with Crippen molar-refractivity contribution in [3.05, 3.63) is 29.8 Å². The average molecular weight is 312 g/mol. The third kappa shape index (κ3) is 3.12. The topological polar surface area (TPSA) is 40.6 Å². The Hall–Kier alpha value is -1.84. The molecule has 1 aliphatic heterocycles. The highest BCUT2D eigenvalue weighted by Gasteiger charge is 2.42. The van der Waals surface area contributed by atoms with Crippen molar-refractivity contribution in [3.63, 3.8) is 0 Å². The van der Waals surface area contributed by atoms with E-state index in [1.807, 2.05) is 31.2 Å². The van der Waals surface area contributed by atoms with Crippen LogP contribution in [0.5, 0.6) is 0 Å². The number of benzene rings is 1. The number of nitrogens with zero attached hydrogens (tertiary/aromatic N) is 2. The molecule has 1 atom stereocenters. The van der Waals surface area contributed by atoms with Gasteiger partial charge in [-0.1, -0.05) is 17.7 Å². The predicted molar refractivity (Wildman–Crippen MR) is 89.1 cm³/mol. The third-order valence-electron chi connectivity index (χ3n) is 5.24. The standard InChI is InChI=1S/C19H24N2O2/c1-13-2-6-16(7-3-13)20-12-15(10-18(20)22)19(23)21(17-8-9-17)11-14-4-5-14/h2-3,6-7,14-15,17H,4-5,8-12H2,1H3. The van der Waals surface area contributed by atoms with E-state index in [4.69, 9.17) is 0 Å². The Morgan fingerprint density at radius 3 is 2.48 bits per heavy atom. The normalized spacial score (nSPS) is 24.1. The van der Waals surface area contributed by atoms with Crippen molar-refractivity contribution < 1.29 is 9.59 Å². The Labute approximate surface area is 137 Å². The zero-order chi connectivity index (χ0) is 16.0. The molecule has 0 aromatic heterocycles. The van der Waals surface area contributed by atoms with Crippen LogP contribution in [0.15, 0.2) is 24.3 Å². The molecule has 0 N–H and O–H groups in total. The molecule has 0 spiro atoms. The molecule has 1 saturated heterocycles. The van der Waals surface area contributed by atoms with E-state index in [0.717, 1.165) is 25.1 Å². The van der Waals surface area contributed by atoms with Gasteiger partial charge in [0.05, 0.1) is 5.92 Å². The van der Waals surface area contributed by atoms with Crippen molar-refractivity contribution in [2.75, 3.05) is 18.0 Å². The second-order valence-corrected chi connectivity index (χ2v) is 7.41. The number of hydrogen-bond acceptors (Lipinski definition) is 2. The van der Waals surface area contributed by atoms with E-state index in [1.165, 1.54) is 18.4 Å². The number of rotatable bonds is 5. The Morgan fingerprint density at radius 1 is 1.17 bits per heavy atom. The molecule has 0 radical (unpaired) electrons. The number of aryl methyl sites for hydroxylation is 1. The maximum Gasteiger partial charge on any atom is 0.228 e. The van der Waals surface area contributed by atoms with E-state index in [2.05, 4.69) is 4.90 Å². The van der Waals surface area contributed by atoms with Crippen LogP contribution in [0.2, 0.25) is 0 Å². The van der Waals surface area contributed by atoms with Gasteiger partial charge in [-0.25, -0.2) is 0 Å². The van der Waals surface area contributed by atoms with E-state index < -0.39 is 0 Å². The first-order valence-electron chi connectivity index (χ1n) is 8.79. The molecule has 1 aromatic rings. The quantitative estimate of drug-likeness (QED) is 0.839. The van der Waals surface area contributed by atoms with Crippen molar-refractivity contribution in [3.8, 4) is 0 Å². The summed E-state index contributed by atoms with van der Waals surface area (Å²) in [7, 11) is 0. The molecule has 4 nitrogen and oxygen atoms in total. The summed E-state index contributed by atoms with van der Waals surface area (Å²) in [5.74, 6) is 0.838. The SMILES string of the molecule is Cc1ccc(N2CC(C(=O)N(CC3CC3)C3CC3)CC2=O)cc1. The fraction of sp³-hybridized carbons (Fsp3) is 0.579. The van der Waals surface area contributed by atoms with Gasteiger partial charge in [-0.3, -0.25) is 9.59 Å². The van der Waals surface area contributed by atoms with Crippen LogP contribution in [0, 0.1) is 18.8 Å². The molecule has 3 fully saturated rings. The Balaban J connectivity index is 1.46. The summed E-state index contributed by atoms with van der Waals surface area (Å²) in [6.07, 6.45) is 5.16. The van der Waals surface area contributed by atoms with Gasteiger partial charge in [0, 0.05) is 31.2 Å². The summed E-state index contributed by atoms with van der Waals surface area (Å²) in [4.78, 5) is 29.2. The molecule has 2 saturated carbocycles. The molecule has 23 heavy (non-hydrogen) atoms. The van der Waals surface area contributed by atoms with E-state index in [1.54, 1.807) is 4.90 Å². The van der Waals surface area contributed by atoms with Crippen molar-refractivity contribution >= 4 is 17.5 Å². The van der Waals surface area contributed by atoms with Gasteiger partial charge in [-0.05, 0) is 50.7 Å². The second kappa shape index (κ2) is 5.66. The summed E-state index contributed by atoms with van der Waals surface area (Å²) < 4.78 is 0. The number of carbonyl (C=O) groups is 2. The lowest BCUT2D eigenvalue weighted by Gasteiger charge is -2.25. The van der Waals surface area contributed by atoms with Crippen LogP contribution in [0.3, 0.4) is 0 Å². The van der Waals surface area contributed by atoms with Crippen LogP contribution >= 0.6 is 0 Å². The zero-order valence-corrected chi connectivity index (χ0v) is 13.7. The smallest absolute Gasteiger partial charge is 0.228 e. The van der Waals surface area contributed by atoms with E-state index in [9.17, 15) is 9.59 Å².